The number of rotatable bonds is 44. The van der Waals surface area contributed by atoms with Crippen LogP contribution in [-0.4, -0.2) is 82.3 Å². The molecule has 2 unspecified atom stereocenters. The summed E-state index contributed by atoms with van der Waals surface area (Å²) in [5.41, 5.74) is 0. The number of allylic oxidation sites excluding steroid dienone is 12. The Bertz CT molecular complexity index is 1240. The molecule has 0 bridgehead atoms. The van der Waals surface area contributed by atoms with Crippen LogP contribution in [0.5, 0.6) is 0 Å². The van der Waals surface area contributed by atoms with E-state index in [0.29, 0.717) is 17.4 Å². The molecule has 0 aliphatic rings. The molecule has 0 aliphatic heterocycles. The zero-order valence-electron chi connectivity index (χ0n) is 40.2. The number of carbonyl (C=O) groups excluding carboxylic acids is 3. The number of carboxylic acid groups (broad SMARTS) is 1. The maximum Gasteiger partial charge on any atom is 0.306 e. The van der Waals surface area contributed by atoms with Gasteiger partial charge in [-0.3, -0.25) is 9.59 Å². The van der Waals surface area contributed by atoms with Gasteiger partial charge in [-0.15, -0.1) is 0 Å². The Morgan fingerprint density at radius 1 is 0.500 bits per heavy atom. The van der Waals surface area contributed by atoms with E-state index >= 15 is 0 Å². The summed E-state index contributed by atoms with van der Waals surface area (Å²) in [5.74, 6) is -2.32. The van der Waals surface area contributed by atoms with Crippen LogP contribution in [0.15, 0.2) is 72.9 Å². The van der Waals surface area contributed by atoms with Gasteiger partial charge in [0, 0.05) is 12.8 Å². The lowest BCUT2D eigenvalue weighted by Gasteiger charge is -2.26. The van der Waals surface area contributed by atoms with Gasteiger partial charge in [0.1, 0.15) is 13.2 Å². The van der Waals surface area contributed by atoms with Crippen LogP contribution in [0.1, 0.15) is 187 Å². The smallest absolute Gasteiger partial charge is 0.306 e. The fourth-order valence-corrected chi connectivity index (χ4v) is 6.42. The van der Waals surface area contributed by atoms with Crippen molar-refractivity contribution >= 4 is 17.9 Å². The number of carbonyl (C=O) groups is 3. The third-order valence-electron chi connectivity index (χ3n) is 10.2. The first kappa shape index (κ1) is 58.7. The fraction of sp³-hybridized carbons (Fsp3) is 0.717. The number of quaternary nitrogens is 1. The lowest BCUT2D eigenvalue weighted by atomic mass is 10.0. The molecule has 0 radical (unpaired) electrons. The van der Waals surface area contributed by atoms with Crippen LogP contribution in [0.25, 0.3) is 0 Å². The third kappa shape index (κ3) is 44.8. The molecule has 9 nitrogen and oxygen atoms in total. The van der Waals surface area contributed by atoms with Crippen molar-refractivity contribution in [2.24, 2.45) is 0 Å². The molecule has 2 atom stereocenters. The number of ether oxygens (including phenoxy) is 4. The maximum absolute atomic E-state index is 12.8. The van der Waals surface area contributed by atoms with Crippen molar-refractivity contribution in [1.29, 1.82) is 0 Å². The van der Waals surface area contributed by atoms with Gasteiger partial charge in [0.15, 0.2) is 12.4 Å². The molecular formula is C53H91NO8. The molecule has 0 aromatic rings. The second-order valence-electron chi connectivity index (χ2n) is 17.4. The summed E-state index contributed by atoms with van der Waals surface area (Å²) in [7, 11) is 5.90. The van der Waals surface area contributed by atoms with E-state index < -0.39 is 24.3 Å². The quantitative estimate of drug-likeness (QED) is 0.0196. The standard InChI is InChI=1S/C53H91NO8/c1-6-8-10-12-14-16-18-20-22-23-24-25-26-27-28-29-30-32-34-36-38-40-42-44-51(56)62-49(48-61-53(52(57)58)59-46-45-54(3,4)5)47-60-50(55)43-41-39-37-35-33-31-21-19-17-15-13-11-9-7-2/h8,10,14,16,20,22,24-25,27-28,30,32,49,53H,6-7,9,11-13,15,17-19,21,23,26,29,31,33-48H2,1-5H3/b10-8-,16-14-,22-20-,25-24-,28-27-,32-30-. The molecule has 0 saturated carbocycles. The number of carboxylic acids is 1. The van der Waals surface area contributed by atoms with Crippen LogP contribution in [0, 0.1) is 0 Å². The summed E-state index contributed by atoms with van der Waals surface area (Å²) in [6.07, 6.45) is 52.2. The molecule has 0 rings (SSSR count). The van der Waals surface area contributed by atoms with E-state index in [2.05, 4.69) is 86.8 Å². The van der Waals surface area contributed by atoms with Crippen molar-refractivity contribution in [1.82, 2.24) is 0 Å². The molecule has 0 spiro atoms. The van der Waals surface area contributed by atoms with Crippen LogP contribution in [-0.2, 0) is 33.3 Å². The highest BCUT2D eigenvalue weighted by Gasteiger charge is 2.21. The molecular weight excluding hydrogens is 779 g/mol. The van der Waals surface area contributed by atoms with Gasteiger partial charge in [0.05, 0.1) is 40.3 Å². The Morgan fingerprint density at radius 2 is 0.919 bits per heavy atom. The van der Waals surface area contributed by atoms with Gasteiger partial charge in [0.25, 0.3) is 0 Å². The molecule has 0 heterocycles. The van der Waals surface area contributed by atoms with Gasteiger partial charge in [-0.2, -0.15) is 0 Å². The van der Waals surface area contributed by atoms with Crippen molar-refractivity contribution in [3.05, 3.63) is 72.9 Å². The van der Waals surface area contributed by atoms with Gasteiger partial charge < -0.3 is 33.3 Å². The Kier molecular flexibility index (Phi) is 42.0. The van der Waals surface area contributed by atoms with Crippen LogP contribution >= 0.6 is 0 Å². The molecule has 356 valence electrons. The van der Waals surface area contributed by atoms with Crippen molar-refractivity contribution in [3.63, 3.8) is 0 Å². The summed E-state index contributed by atoms with van der Waals surface area (Å²) in [6, 6.07) is 0. The molecule has 0 N–H and O–H groups in total. The van der Waals surface area contributed by atoms with E-state index in [1.165, 1.54) is 70.6 Å². The van der Waals surface area contributed by atoms with Gasteiger partial charge in [-0.25, -0.2) is 0 Å². The van der Waals surface area contributed by atoms with Crippen molar-refractivity contribution in [3.8, 4) is 0 Å². The predicted octanol–water partition coefficient (Wildman–Crippen LogP) is 12.2. The zero-order valence-corrected chi connectivity index (χ0v) is 40.2. The molecule has 0 fully saturated rings. The lowest BCUT2D eigenvalue weighted by molar-refractivity contribution is -0.870. The molecule has 9 heteroatoms. The van der Waals surface area contributed by atoms with Crippen LogP contribution in [0.3, 0.4) is 0 Å². The van der Waals surface area contributed by atoms with E-state index in [4.69, 9.17) is 18.9 Å². The maximum atomic E-state index is 12.8. The van der Waals surface area contributed by atoms with Crippen LogP contribution < -0.4 is 5.11 Å². The normalized spacial score (nSPS) is 13.5. The summed E-state index contributed by atoms with van der Waals surface area (Å²) in [5, 5.41) is 11.7. The minimum absolute atomic E-state index is 0.140. The number of aliphatic carboxylic acids is 1. The van der Waals surface area contributed by atoms with Crippen molar-refractivity contribution in [2.45, 2.75) is 200 Å². The van der Waals surface area contributed by atoms with E-state index in [0.717, 1.165) is 83.5 Å². The monoisotopic (exact) mass is 870 g/mol. The largest absolute Gasteiger partial charge is 0.545 e. The Hall–Kier alpha value is -3.27. The minimum Gasteiger partial charge on any atom is -0.545 e. The zero-order chi connectivity index (χ0) is 45.6. The molecule has 0 saturated heterocycles. The Labute approximate surface area is 379 Å². The number of esters is 2. The van der Waals surface area contributed by atoms with E-state index in [-0.39, 0.29) is 38.6 Å². The first-order chi connectivity index (χ1) is 30.1. The van der Waals surface area contributed by atoms with Crippen molar-refractivity contribution in [2.75, 3.05) is 47.5 Å². The molecule has 0 aromatic carbocycles. The molecule has 62 heavy (non-hydrogen) atoms. The van der Waals surface area contributed by atoms with Crippen LogP contribution in [0.2, 0.25) is 0 Å². The van der Waals surface area contributed by atoms with E-state index in [1.807, 2.05) is 21.1 Å². The summed E-state index contributed by atoms with van der Waals surface area (Å²) in [4.78, 5) is 37.1. The minimum atomic E-state index is -1.63. The summed E-state index contributed by atoms with van der Waals surface area (Å²) >= 11 is 0. The topological polar surface area (TPSA) is 111 Å². The predicted molar refractivity (Wildman–Crippen MR) is 255 cm³/mol. The first-order valence-corrected chi connectivity index (χ1v) is 24.6. The number of nitrogens with zero attached hydrogens (tertiary/aromatic N) is 1. The highest BCUT2D eigenvalue weighted by Crippen LogP contribution is 2.14. The highest BCUT2D eigenvalue weighted by atomic mass is 16.7. The molecule has 0 aromatic heterocycles. The SMILES string of the molecule is CC/C=C\C/C=C\C/C=C\C/C=C\C/C=C\C/C=C\CCCCCCC(=O)OC(COC(=O)CCCCCCCCCCCCCCCC)COC(OCC[N+](C)(C)C)C(=O)[O-]. The number of hydrogen-bond donors (Lipinski definition) is 0. The van der Waals surface area contributed by atoms with Gasteiger partial charge in [0.2, 0.25) is 0 Å². The summed E-state index contributed by atoms with van der Waals surface area (Å²) < 4.78 is 22.6. The second-order valence-corrected chi connectivity index (χ2v) is 17.4. The van der Waals surface area contributed by atoms with Gasteiger partial charge >= 0.3 is 11.9 Å². The fourth-order valence-electron chi connectivity index (χ4n) is 6.42. The van der Waals surface area contributed by atoms with Crippen molar-refractivity contribution < 1.29 is 42.9 Å². The first-order valence-electron chi connectivity index (χ1n) is 24.6. The lowest BCUT2D eigenvalue weighted by Crippen LogP contribution is -2.44. The highest BCUT2D eigenvalue weighted by molar-refractivity contribution is 5.70. The number of likely N-dealkylation sites (N-methyl/N-ethyl adjacent to an activating group) is 1. The van der Waals surface area contributed by atoms with E-state index in [9.17, 15) is 19.5 Å². The molecule has 0 aliphatic carbocycles. The molecule has 0 amide bonds. The number of unbranched alkanes of at least 4 members (excludes halogenated alkanes) is 17. The Morgan fingerprint density at radius 3 is 1.37 bits per heavy atom. The third-order valence-corrected chi connectivity index (χ3v) is 10.2. The number of hydrogen-bond acceptors (Lipinski definition) is 8. The average molecular weight is 870 g/mol. The van der Waals surface area contributed by atoms with E-state index in [1.54, 1.807) is 0 Å². The second kappa shape index (κ2) is 44.3. The van der Waals surface area contributed by atoms with Gasteiger partial charge in [-0.1, -0.05) is 183 Å². The van der Waals surface area contributed by atoms with Gasteiger partial charge in [-0.05, 0) is 64.2 Å². The average Bonchev–Trinajstić information content (AvgIpc) is 3.23. The van der Waals surface area contributed by atoms with Crippen LogP contribution in [0.4, 0.5) is 0 Å². The summed E-state index contributed by atoms with van der Waals surface area (Å²) in [6.45, 7) is 4.59. The Balaban J connectivity index is 4.43.